The molecule has 0 saturated carbocycles. The summed E-state index contributed by atoms with van der Waals surface area (Å²) >= 11 is 0.586. The molecule has 0 unspecified atom stereocenters. The van der Waals surface area contributed by atoms with E-state index < -0.39 is 311 Å². The van der Waals surface area contributed by atoms with Crippen molar-refractivity contribution in [3.63, 3.8) is 0 Å². The molecule has 0 saturated heterocycles. The predicted molar refractivity (Wildman–Crippen MR) is 275 cm³/mol. The molecule has 0 spiro atoms. The van der Waals surface area contributed by atoms with Crippen molar-refractivity contribution >= 4 is 128 Å². The van der Waals surface area contributed by atoms with Gasteiger partial charge in [0.15, 0.2) is 0 Å². The van der Waals surface area contributed by atoms with Crippen LogP contribution >= 0.6 is 11.3 Å². The molecule has 5 heterocycles. The third kappa shape index (κ3) is 4.83. The molecule has 0 amide bonds. The van der Waals surface area contributed by atoms with E-state index in [1.807, 2.05) is 0 Å². The molecule has 3 aliphatic heterocycles. The number of rotatable bonds is 4. The van der Waals surface area contributed by atoms with Crippen LogP contribution in [0, 0.1) is 0 Å². The molecule has 0 N–H and O–H groups in total. The van der Waals surface area contributed by atoms with Gasteiger partial charge in [-0.1, -0.05) is 136 Å². The standard InChI is InChI=1S/C58H41BN4S/c1-58(2,3)36-31-32-46-44(33-36)59-43-24-15-28-49-57(43)63(48-27-14-23-41-40-21-10-12-25-45(40)62(49)56(41)48)51-35-39(60(37-17-6-4-7-18-37)38-19-8-5-9-20-38)34-50(55(51)59)61(46)47-26-16-30-53-54(47)42-22-11-13-29-52(42)64-53/h4-35H,1-3H3/i4D,5D,6D,7D,8D,9D,10D,11D,12D,13D,14D,15D,16D,17D,18D,19D,20D,21D,22D,23D,24D,25D,26D,27D,28D,29D,30D,31D,32D,33D,34D,35D. The van der Waals surface area contributed by atoms with E-state index in [0.29, 0.717) is 16.2 Å². The first-order valence-corrected chi connectivity index (χ1v) is 20.5. The number of anilines is 9. The second kappa shape index (κ2) is 13.0. The molecule has 302 valence electrons. The molecule has 0 radical (unpaired) electrons. The molecule has 0 atom stereocenters. The van der Waals surface area contributed by atoms with Crippen LogP contribution in [0.1, 0.15) is 70.2 Å². The zero-order chi connectivity index (χ0) is 70.3. The van der Waals surface area contributed by atoms with Gasteiger partial charge in [0.2, 0.25) is 0 Å². The lowest BCUT2D eigenvalue weighted by Crippen LogP contribution is -2.62. The van der Waals surface area contributed by atoms with Crippen molar-refractivity contribution in [2.24, 2.45) is 0 Å². The second-order valence-electron chi connectivity index (χ2n) is 16.1. The fourth-order valence-electron chi connectivity index (χ4n) is 9.02. The summed E-state index contributed by atoms with van der Waals surface area (Å²) in [6.45, 7) is 2.74. The third-order valence-corrected chi connectivity index (χ3v) is 12.6. The maximum atomic E-state index is 11.1. The van der Waals surface area contributed by atoms with Crippen LogP contribution in [0.25, 0.3) is 47.7 Å². The van der Waals surface area contributed by atoms with Gasteiger partial charge in [0, 0.05) is 59.4 Å². The van der Waals surface area contributed by atoms with Crippen LogP contribution in [0.4, 0.5) is 51.2 Å². The van der Waals surface area contributed by atoms with E-state index in [-0.39, 0.29) is 15.0 Å². The number of benzene rings is 9. The minimum absolute atomic E-state index is 0.187. The largest absolute Gasteiger partial charge is 0.311 e. The van der Waals surface area contributed by atoms with Crippen LogP contribution in [0.15, 0.2) is 193 Å². The summed E-state index contributed by atoms with van der Waals surface area (Å²) in [6, 6.07) is -30.2. The zero-order valence-corrected chi connectivity index (χ0v) is 34.1. The summed E-state index contributed by atoms with van der Waals surface area (Å²) in [5, 5.41) is -1.77. The predicted octanol–water partition coefficient (Wildman–Crippen LogP) is 14.3. The van der Waals surface area contributed by atoms with Gasteiger partial charge in [-0.25, -0.2) is 0 Å². The molecule has 0 aliphatic carbocycles. The molecular formula is C58H41BN4S. The summed E-state index contributed by atoms with van der Waals surface area (Å²) in [4.78, 5) is 2.30. The zero-order valence-electron chi connectivity index (χ0n) is 65.3. The van der Waals surface area contributed by atoms with E-state index >= 15 is 0 Å². The van der Waals surface area contributed by atoms with Crippen LogP contribution in [0.2, 0.25) is 0 Å². The lowest BCUT2D eigenvalue weighted by molar-refractivity contribution is 0.591. The number of fused-ring (bicyclic) bond motifs is 12. The average Bonchev–Trinajstić information content (AvgIpc) is 0.746. The highest BCUT2D eigenvalue weighted by molar-refractivity contribution is 7.26. The maximum Gasteiger partial charge on any atom is 0.252 e. The normalized spacial score (nSPS) is 20.5. The van der Waals surface area contributed by atoms with E-state index in [4.69, 9.17) is 15.1 Å². The highest BCUT2D eigenvalue weighted by Crippen LogP contribution is 2.55. The Kier molecular flexibility index (Phi) is 3.43. The Hall–Kier alpha value is -7.54. The Morgan fingerprint density at radius 1 is 0.484 bits per heavy atom. The molecule has 9 aromatic carbocycles. The van der Waals surface area contributed by atoms with Gasteiger partial charge in [0.05, 0.1) is 83.3 Å². The fourth-order valence-corrected chi connectivity index (χ4v) is 9.98. The van der Waals surface area contributed by atoms with Gasteiger partial charge in [0.1, 0.15) is 0 Å². The molecular weight excluding hydrogens is 796 g/mol. The summed E-state index contributed by atoms with van der Waals surface area (Å²) in [5.74, 6) is 0. The van der Waals surface area contributed by atoms with E-state index in [1.165, 1.54) is 0 Å². The number of nitrogens with zero attached hydrogens (tertiary/aromatic N) is 4. The molecule has 2 aromatic heterocycles. The highest BCUT2D eigenvalue weighted by atomic mass is 32.1. The van der Waals surface area contributed by atoms with Crippen molar-refractivity contribution in [1.82, 2.24) is 4.57 Å². The first kappa shape index (κ1) is 16.9. The fraction of sp³-hybridized carbons (Fsp3) is 0.0690. The molecule has 0 fully saturated rings. The summed E-state index contributed by atoms with van der Waals surface area (Å²) in [7, 11) is 0. The van der Waals surface area contributed by atoms with Gasteiger partial charge in [-0.05, 0) is 106 Å². The van der Waals surface area contributed by atoms with Gasteiger partial charge in [-0.2, -0.15) is 0 Å². The number of hydrogen-bond acceptors (Lipinski definition) is 4. The van der Waals surface area contributed by atoms with Crippen molar-refractivity contribution in [1.29, 1.82) is 0 Å². The van der Waals surface area contributed by atoms with Gasteiger partial charge >= 0.3 is 0 Å². The lowest BCUT2D eigenvalue weighted by atomic mass is 9.33. The Balaban J connectivity index is 1.36. The van der Waals surface area contributed by atoms with Crippen LogP contribution in [0.5, 0.6) is 0 Å². The van der Waals surface area contributed by atoms with E-state index in [0.717, 1.165) is 14.4 Å². The molecule has 64 heavy (non-hydrogen) atoms. The number of para-hydroxylation sites is 5. The molecule has 4 nitrogen and oxygen atoms in total. The first-order chi connectivity index (χ1) is 44.7. The second-order valence-corrected chi connectivity index (χ2v) is 17.1. The van der Waals surface area contributed by atoms with Gasteiger partial charge < -0.3 is 19.3 Å². The quantitative estimate of drug-likeness (QED) is 0.164. The summed E-state index contributed by atoms with van der Waals surface area (Å²) < 4.78 is 307. The Bertz CT molecular complexity index is 5530. The van der Waals surface area contributed by atoms with Crippen molar-refractivity contribution in [2.75, 3.05) is 14.7 Å². The Morgan fingerprint density at radius 2 is 1.11 bits per heavy atom. The van der Waals surface area contributed by atoms with Crippen molar-refractivity contribution in [2.45, 2.75) is 26.2 Å². The van der Waals surface area contributed by atoms with Gasteiger partial charge in [-0.15, -0.1) is 11.3 Å². The minimum atomic E-state index is -2.04. The van der Waals surface area contributed by atoms with Crippen LogP contribution in [-0.2, 0) is 5.41 Å². The topological polar surface area (TPSA) is 14.7 Å². The Labute approximate surface area is 421 Å². The van der Waals surface area contributed by atoms with Crippen molar-refractivity contribution in [3.05, 3.63) is 199 Å². The number of thiophene rings is 1. The Morgan fingerprint density at radius 3 is 1.89 bits per heavy atom. The van der Waals surface area contributed by atoms with Crippen LogP contribution in [0.3, 0.4) is 0 Å². The summed E-state index contributed by atoms with van der Waals surface area (Å²) in [6.07, 6.45) is 0. The molecule has 6 heteroatoms. The molecule has 11 aromatic rings. The molecule has 14 rings (SSSR count). The monoisotopic (exact) mass is 869 g/mol. The first-order valence-electron chi connectivity index (χ1n) is 35.7. The van der Waals surface area contributed by atoms with E-state index in [9.17, 15) is 28.8 Å². The van der Waals surface area contributed by atoms with Crippen molar-refractivity contribution in [3.8, 4) is 5.69 Å². The van der Waals surface area contributed by atoms with Crippen molar-refractivity contribution < 1.29 is 43.9 Å². The number of aromatic nitrogens is 1. The highest BCUT2D eigenvalue weighted by Gasteiger charge is 2.47. The van der Waals surface area contributed by atoms with E-state index in [2.05, 4.69) is 0 Å². The van der Waals surface area contributed by atoms with Crippen LogP contribution < -0.4 is 31.1 Å². The van der Waals surface area contributed by atoms with E-state index in [1.54, 1.807) is 20.8 Å². The smallest absolute Gasteiger partial charge is 0.252 e. The third-order valence-electron chi connectivity index (χ3n) is 11.6. The maximum absolute atomic E-state index is 11.1. The minimum Gasteiger partial charge on any atom is -0.311 e. The average molecular weight is 869 g/mol. The molecule has 3 aliphatic rings. The number of hydrogen-bond donors (Lipinski definition) is 0. The lowest BCUT2D eigenvalue weighted by Gasteiger charge is -2.47. The van der Waals surface area contributed by atoms with Gasteiger partial charge in [-0.3, -0.25) is 0 Å². The SMILES string of the molecule is [2H]c1c([2H])c([2H])c(N(c2c([2H])c([2H])c([2H])c([2H])c2[2H])c2c([2H])c3c4c(c2[2H])N2c5c(c([2H])c([2H])c([2H])c5-n5c6c([2H])c([2H])c([2H])c([2H])c6c6c([2H])c([2H])c([2H])c2c65)B4c2c([2H])c(C(C)(C)C)c([2H])c([2H])c2N3c2c([2H])c([2H])c([2H])c3sc4c([2H])c([2H])c([2H])c([2H])c4c23)c([2H])c1[2H]. The molecule has 0 bridgehead atoms. The van der Waals surface area contributed by atoms with Gasteiger partial charge in [0.25, 0.3) is 6.71 Å². The van der Waals surface area contributed by atoms with Crippen LogP contribution in [-0.4, -0.2) is 11.3 Å². The summed E-state index contributed by atoms with van der Waals surface area (Å²) in [5.41, 5.74) is -12.0.